The Bertz CT molecular complexity index is 564. The lowest BCUT2D eigenvalue weighted by Gasteiger charge is -2.30. The van der Waals surface area contributed by atoms with Crippen molar-refractivity contribution < 1.29 is 4.74 Å². The van der Waals surface area contributed by atoms with Gasteiger partial charge in [-0.05, 0) is 42.7 Å². The zero-order chi connectivity index (χ0) is 13.9. The number of ether oxygens (including phenoxy) is 1. The number of rotatable bonds is 3. The molecule has 0 aliphatic carbocycles. The maximum absolute atomic E-state index is 6.02. The third-order valence-electron chi connectivity index (χ3n) is 3.75. The molecule has 0 spiro atoms. The van der Waals surface area contributed by atoms with E-state index in [2.05, 4.69) is 21.2 Å². The second-order valence-corrected chi connectivity index (χ2v) is 5.22. The van der Waals surface area contributed by atoms with Crippen molar-refractivity contribution >= 4 is 5.82 Å². The molecule has 2 aromatic rings. The van der Waals surface area contributed by atoms with E-state index in [1.54, 1.807) is 7.11 Å². The Morgan fingerprint density at radius 3 is 2.85 bits per heavy atom. The van der Waals surface area contributed by atoms with Crippen molar-refractivity contribution in [2.75, 3.05) is 25.1 Å². The van der Waals surface area contributed by atoms with Gasteiger partial charge in [0.1, 0.15) is 5.75 Å². The summed E-state index contributed by atoms with van der Waals surface area (Å²) in [7, 11) is 1.67. The number of methoxy groups -OCH3 is 1. The van der Waals surface area contributed by atoms with Crippen LogP contribution in [-0.2, 0) is 0 Å². The smallest absolute Gasteiger partial charge is 0.151 e. The molecule has 1 aromatic carbocycles. The highest BCUT2D eigenvalue weighted by Gasteiger charge is 2.19. The Balaban J connectivity index is 1.78. The lowest BCUT2D eigenvalue weighted by molar-refractivity contribution is 0.415. The molecule has 0 amide bonds. The third kappa shape index (κ3) is 2.63. The standard InChI is InChI=1S/C15H20N4O/c1-20-13-6-4-11(5-7-13)14-9-15(18-17-14)19-8-2-3-12(16)10-19/h4-7,9,12H,2-3,8,10,16H2,1H3,(H,17,18). The van der Waals surface area contributed by atoms with Crippen molar-refractivity contribution in [3.63, 3.8) is 0 Å². The van der Waals surface area contributed by atoms with E-state index in [4.69, 9.17) is 10.5 Å². The molecular formula is C15H20N4O. The van der Waals surface area contributed by atoms with Gasteiger partial charge in [0.15, 0.2) is 5.82 Å². The predicted octanol–water partition coefficient (Wildman–Crippen LogP) is 2.01. The highest BCUT2D eigenvalue weighted by atomic mass is 16.5. The molecule has 5 nitrogen and oxygen atoms in total. The molecule has 1 fully saturated rings. The second-order valence-electron chi connectivity index (χ2n) is 5.22. The van der Waals surface area contributed by atoms with Crippen LogP contribution >= 0.6 is 0 Å². The molecule has 3 rings (SSSR count). The van der Waals surface area contributed by atoms with Gasteiger partial charge in [0.05, 0.1) is 12.8 Å². The van der Waals surface area contributed by atoms with Crippen LogP contribution in [0.1, 0.15) is 12.8 Å². The zero-order valence-electron chi connectivity index (χ0n) is 11.7. The lowest BCUT2D eigenvalue weighted by atomic mass is 10.1. The number of nitrogens with one attached hydrogen (secondary N) is 1. The number of anilines is 1. The SMILES string of the molecule is COc1ccc(-c2cc(N3CCCC(N)C3)n[nH]2)cc1. The first-order valence-electron chi connectivity index (χ1n) is 6.96. The number of H-pyrrole nitrogens is 1. The first-order chi connectivity index (χ1) is 9.76. The minimum Gasteiger partial charge on any atom is -0.497 e. The molecule has 2 heterocycles. The van der Waals surface area contributed by atoms with Crippen LogP contribution in [-0.4, -0.2) is 36.4 Å². The summed E-state index contributed by atoms with van der Waals surface area (Å²) in [6, 6.07) is 10.3. The summed E-state index contributed by atoms with van der Waals surface area (Å²) in [5, 5.41) is 7.51. The van der Waals surface area contributed by atoms with E-state index >= 15 is 0 Å². The Kier molecular flexibility index (Phi) is 3.60. The molecule has 3 N–H and O–H groups in total. The quantitative estimate of drug-likeness (QED) is 0.897. The summed E-state index contributed by atoms with van der Waals surface area (Å²) in [6.45, 7) is 1.91. The summed E-state index contributed by atoms with van der Waals surface area (Å²) >= 11 is 0. The van der Waals surface area contributed by atoms with E-state index in [1.165, 1.54) is 0 Å². The Morgan fingerprint density at radius 2 is 2.15 bits per heavy atom. The lowest BCUT2D eigenvalue weighted by Crippen LogP contribution is -2.43. The summed E-state index contributed by atoms with van der Waals surface area (Å²) in [6.07, 6.45) is 2.23. The van der Waals surface area contributed by atoms with Crippen molar-refractivity contribution in [3.05, 3.63) is 30.3 Å². The molecule has 1 atom stereocenters. The minimum absolute atomic E-state index is 0.255. The number of piperidine rings is 1. The number of nitrogens with zero attached hydrogens (tertiary/aromatic N) is 2. The van der Waals surface area contributed by atoms with Crippen molar-refractivity contribution in [2.24, 2.45) is 5.73 Å². The number of aromatic amines is 1. The third-order valence-corrected chi connectivity index (χ3v) is 3.75. The molecule has 106 valence electrons. The van der Waals surface area contributed by atoms with E-state index in [0.717, 1.165) is 48.8 Å². The van der Waals surface area contributed by atoms with E-state index in [9.17, 15) is 0 Å². The number of aromatic nitrogens is 2. The van der Waals surface area contributed by atoms with Crippen LogP contribution < -0.4 is 15.4 Å². The first-order valence-corrected chi connectivity index (χ1v) is 6.96. The number of nitrogens with two attached hydrogens (primary N) is 1. The van der Waals surface area contributed by atoms with E-state index in [-0.39, 0.29) is 6.04 Å². The maximum atomic E-state index is 6.02. The van der Waals surface area contributed by atoms with Crippen LogP contribution in [0.3, 0.4) is 0 Å². The fourth-order valence-corrected chi connectivity index (χ4v) is 2.61. The van der Waals surface area contributed by atoms with Gasteiger partial charge >= 0.3 is 0 Å². The average Bonchev–Trinajstić information content (AvgIpc) is 2.97. The molecule has 0 saturated carbocycles. The van der Waals surface area contributed by atoms with Gasteiger partial charge in [0, 0.05) is 25.2 Å². The molecule has 1 saturated heterocycles. The van der Waals surface area contributed by atoms with Gasteiger partial charge in [-0.2, -0.15) is 5.10 Å². The Hall–Kier alpha value is -2.01. The van der Waals surface area contributed by atoms with E-state index in [0.29, 0.717) is 0 Å². The summed E-state index contributed by atoms with van der Waals surface area (Å²) in [5.41, 5.74) is 8.14. The topological polar surface area (TPSA) is 67.2 Å². The highest BCUT2D eigenvalue weighted by molar-refractivity contribution is 5.64. The van der Waals surface area contributed by atoms with Gasteiger partial charge in [-0.3, -0.25) is 5.10 Å². The highest BCUT2D eigenvalue weighted by Crippen LogP contribution is 2.25. The zero-order valence-corrected chi connectivity index (χ0v) is 11.7. The normalized spacial score (nSPS) is 19.1. The van der Waals surface area contributed by atoms with Crippen LogP contribution in [0.4, 0.5) is 5.82 Å². The van der Waals surface area contributed by atoms with Crippen LogP contribution in [0.5, 0.6) is 5.75 Å². The van der Waals surface area contributed by atoms with E-state index in [1.807, 2.05) is 24.3 Å². The van der Waals surface area contributed by atoms with Crippen molar-refractivity contribution in [3.8, 4) is 17.0 Å². The molecule has 20 heavy (non-hydrogen) atoms. The minimum atomic E-state index is 0.255. The fraction of sp³-hybridized carbons (Fsp3) is 0.400. The molecule has 0 radical (unpaired) electrons. The molecule has 5 heteroatoms. The predicted molar refractivity (Wildman–Crippen MR) is 80.0 cm³/mol. The van der Waals surface area contributed by atoms with E-state index < -0.39 is 0 Å². The first kappa shape index (κ1) is 13.0. The average molecular weight is 272 g/mol. The summed E-state index contributed by atoms with van der Waals surface area (Å²) in [4.78, 5) is 2.25. The number of hydrogen-bond donors (Lipinski definition) is 2. The van der Waals surface area contributed by atoms with Gasteiger partial charge in [-0.1, -0.05) is 0 Å². The fourth-order valence-electron chi connectivity index (χ4n) is 2.61. The number of hydrogen-bond acceptors (Lipinski definition) is 4. The monoisotopic (exact) mass is 272 g/mol. The van der Waals surface area contributed by atoms with Crippen molar-refractivity contribution in [2.45, 2.75) is 18.9 Å². The van der Waals surface area contributed by atoms with Gasteiger partial charge in [-0.15, -0.1) is 0 Å². The maximum Gasteiger partial charge on any atom is 0.151 e. The largest absolute Gasteiger partial charge is 0.497 e. The molecular weight excluding hydrogens is 252 g/mol. The molecule has 1 aromatic heterocycles. The Labute approximate surface area is 118 Å². The van der Waals surface area contributed by atoms with Crippen LogP contribution in [0, 0.1) is 0 Å². The van der Waals surface area contributed by atoms with Gasteiger partial charge in [-0.25, -0.2) is 0 Å². The van der Waals surface area contributed by atoms with Crippen LogP contribution in [0.2, 0.25) is 0 Å². The molecule has 0 bridgehead atoms. The molecule has 1 aliphatic rings. The molecule has 1 aliphatic heterocycles. The van der Waals surface area contributed by atoms with Gasteiger partial charge in [0.2, 0.25) is 0 Å². The number of benzene rings is 1. The Morgan fingerprint density at radius 1 is 1.35 bits per heavy atom. The second kappa shape index (κ2) is 5.54. The molecule has 1 unspecified atom stereocenters. The van der Waals surface area contributed by atoms with Crippen molar-refractivity contribution in [1.82, 2.24) is 10.2 Å². The van der Waals surface area contributed by atoms with Crippen molar-refractivity contribution in [1.29, 1.82) is 0 Å². The van der Waals surface area contributed by atoms with Gasteiger partial charge in [0.25, 0.3) is 0 Å². The summed E-state index contributed by atoms with van der Waals surface area (Å²) < 4.78 is 5.17. The van der Waals surface area contributed by atoms with Crippen LogP contribution in [0.15, 0.2) is 30.3 Å². The summed E-state index contributed by atoms with van der Waals surface area (Å²) in [5.74, 6) is 1.83. The van der Waals surface area contributed by atoms with Crippen LogP contribution in [0.25, 0.3) is 11.3 Å². The van der Waals surface area contributed by atoms with Gasteiger partial charge < -0.3 is 15.4 Å².